The van der Waals surface area contributed by atoms with Gasteiger partial charge in [0.2, 0.25) is 7.98 Å². The lowest BCUT2D eigenvalue weighted by Crippen LogP contribution is -2.27. The van der Waals surface area contributed by atoms with Crippen LogP contribution in [0.2, 0.25) is 0 Å². The van der Waals surface area contributed by atoms with E-state index in [1.54, 1.807) is 0 Å². The highest BCUT2D eigenvalue weighted by Gasteiger charge is 2.32. The van der Waals surface area contributed by atoms with Crippen LogP contribution in [0.15, 0.2) is 10.1 Å². The average molecular weight is 178 g/mol. The van der Waals surface area contributed by atoms with Crippen molar-refractivity contribution in [2.24, 2.45) is 0 Å². The molecule has 0 N–H and O–H groups in total. The van der Waals surface area contributed by atoms with Crippen LogP contribution in [0.4, 0.5) is 0 Å². The summed E-state index contributed by atoms with van der Waals surface area (Å²) in [7, 11) is 1.32. The zero-order chi connectivity index (χ0) is 7.89. The van der Waals surface area contributed by atoms with E-state index < -0.39 is 11.8 Å². The van der Waals surface area contributed by atoms with Gasteiger partial charge in [-0.05, 0) is 0 Å². The molecule has 3 nitrogen and oxygen atoms in total. The van der Waals surface area contributed by atoms with Crippen LogP contribution in [-0.2, 0) is 9.59 Å². The first kappa shape index (κ1) is 7.63. The minimum absolute atomic E-state index is 0.200. The van der Waals surface area contributed by atoms with Crippen LogP contribution < -0.4 is 0 Å². The summed E-state index contributed by atoms with van der Waals surface area (Å²) in [6.45, 7) is 0. The van der Waals surface area contributed by atoms with Crippen molar-refractivity contribution in [3.63, 3.8) is 0 Å². The summed E-state index contributed by atoms with van der Waals surface area (Å²) in [6, 6.07) is 0. The van der Waals surface area contributed by atoms with Crippen LogP contribution in [0.1, 0.15) is 0 Å². The number of hydrogen-bond donors (Lipinski definition) is 0. The van der Waals surface area contributed by atoms with E-state index in [2.05, 4.69) is 0 Å². The maximum atomic E-state index is 10.8. The summed E-state index contributed by atoms with van der Waals surface area (Å²) in [5, 5.41) is -0.400. The molecule has 0 fully saturated rings. The normalized spacial score (nSPS) is 19.2. The molecule has 6 heteroatoms. The Hall–Kier alpha value is -0.475. The number of hydrogen-bond acceptors (Lipinski definition) is 2. The minimum atomic E-state index is -0.545. The average Bonchev–Trinajstić information content (AvgIpc) is 2.07. The molecule has 0 saturated heterocycles. The molecule has 0 aromatic rings. The number of imide groups is 1. The maximum absolute atomic E-state index is 10.8. The second-order valence-electron chi connectivity index (χ2n) is 1.80. The first-order valence-electron chi connectivity index (χ1n) is 2.43. The van der Waals surface area contributed by atoms with Crippen LogP contribution in [0.25, 0.3) is 0 Å². The van der Waals surface area contributed by atoms with Crippen molar-refractivity contribution in [3.8, 4) is 0 Å². The van der Waals surface area contributed by atoms with Gasteiger partial charge >= 0.3 is 0 Å². The number of nitrogens with zero attached hydrogens (tertiary/aromatic N) is 1. The van der Waals surface area contributed by atoms with Crippen molar-refractivity contribution in [3.05, 3.63) is 10.1 Å². The lowest BCUT2D eigenvalue weighted by atomic mass is 10.3. The number of carbonyl (C=O) groups excluding carboxylic acids is 2. The molecule has 0 radical (unpaired) electrons. The third-order valence-electron chi connectivity index (χ3n) is 1.18. The SMILES string of the molecule is BN1C(=O)C(Cl)=C(Cl)C1=O. The van der Waals surface area contributed by atoms with Gasteiger partial charge < -0.3 is 4.81 Å². The van der Waals surface area contributed by atoms with Gasteiger partial charge in [-0.2, -0.15) is 0 Å². The second kappa shape index (κ2) is 2.29. The molecule has 0 saturated carbocycles. The quantitative estimate of drug-likeness (QED) is 0.373. The standard InChI is InChI=1S/C4H2BCl2NO2/c5-8-3(9)1(6)2(7)4(8)10/h5H2. The molecule has 52 valence electrons. The van der Waals surface area contributed by atoms with E-state index in [-0.39, 0.29) is 10.1 Å². The lowest BCUT2D eigenvalue weighted by Gasteiger charge is -2.03. The van der Waals surface area contributed by atoms with Gasteiger partial charge in [0.1, 0.15) is 10.1 Å². The summed E-state index contributed by atoms with van der Waals surface area (Å²) in [6.07, 6.45) is 0. The van der Waals surface area contributed by atoms with Crippen molar-refractivity contribution in [2.75, 3.05) is 0 Å². The topological polar surface area (TPSA) is 37.4 Å². The van der Waals surface area contributed by atoms with E-state index in [4.69, 9.17) is 23.2 Å². The van der Waals surface area contributed by atoms with E-state index in [9.17, 15) is 9.59 Å². The monoisotopic (exact) mass is 177 g/mol. The summed E-state index contributed by atoms with van der Waals surface area (Å²) < 4.78 is 0. The molecule has 0 unspecified atom stereocenters. The van der Waals surface area contributed by atoms with Gasteiger partial charge in [-0.25, -0.2) is 0 Å². The molecule has 0 aromatic heterocycles. The van der Waals surface area contributed by atoms with Crippen LogP contribution >= 0.6 is 23.2 Å². The van der Waals surface area contributed by atoms with Crippen LogP contribution in [-0.4, -0.2) is 24.6 Å². The molecule has 0 spiro atoms. The van der Waals surface area contributed by atoms with Crippen LogP contribution in [0.3, 0.4) is 0 Å². The molecular weight excluding hydrogens is 176 g/mol. The number of rotatable bonds is 0. The molecule has 0 bridgehead atoms. The molecule has 1 aliphatic heterocycles. The molecule has 10 heavy (non-hydrogen) atoms. The second-order valence-corrected chi connectivity index (χ2v) is 2.55. The number of carbonyl (C=O) groups is 2. The predicted octanol–water partition coefficient (Wildman–Crippen LogP) is -0.408. The Bertz CT molecular complexity index is 226. The predicted molar refractivity (Wildman–Crippen MR) is 39.1 cm³/mol. The van der Waals surface area contributed by atoms with Gasteiger partial charge in [-0.15, -0.1) is 0 Å². The van der Waals surface area contributed by atoms with E-state index in [1.165, 1.54) is 7.98 Å². The molecule has 1 heterocycles. The smallest absolute Gasteiger partial charge is 0.261 e. The van der Waals surface area contributed by atoms with Crippen LogP contribution in [0, 0.1) is 0 Å². The zero-order valence-electron chi connectivity index (χ0n) is 5.02. The summed E-state index contributed by atoms with van der Waals surface area (Å²) in [4.78, 5) is 22.4. The van der Waals surface area contributed by atoms with Gasteiger partial charge in [-0.1, -0.05) is 23.2 Å². The molecule has 0 atom stereocenters. The lowest BCUT2D eigenvalue weighted by molar-refractivity contribution is -0.131. The highest BCUT2D eigenvalue weighted by Crippen LogP contribution is 2.24. The Morgan fingerprint density at radius 3 is 1.50 bits per heavy atom. The Balaban J connectivity index is 3.11. The van der Waals surface area contributed by atoms with Gasteiger partial charge in [0.15, 0.2) is 0 Å². The largest absolute Gasteiger partial charge is 0.327 e. The third kappa shape index (κ3) is 0.840. The number of halogens is 2. The summed E-state index contributed by atoms with van der Waals surface area (Å²) >= 11 is 10.7. The van der Waals surface area contributed by atoms with Crippen molar-refractivity contribution >= 4 is 43.0 Å². The Morgan fingerprint density at radius 1 is 1.10 bits per heavy atom. The van der Waals surface area contributed by atoms with E-state index in [0.29, 0.717) is 0 Å². The molecule has 0 aromatic carbocycles. The minimum Gasteiger partial charge on any atom is -0.327 e. The van der Waals surface area contributed by atoms with Gasteiger partial charge in [-0.3, -0.25) is 9.59 Å². The van der Waals surface area contributed by atoms with Crippen molar-refractivity contribution in [2.45, 2.75) is 0 Å². The fourth-order valence-electron chi connectivity index (χ4n) is 0.574. The Morgan fingerprint density at radius 2 is 1.40 bits per heavy atom. The van der Waals surface area contributed by atoms with Gasteiger partial charge in [0.05, 0.1) is 0 Å². The van der Waals surface area contributed by atoms with Gasteiger partial charge in [0, 0.05) is 0 Å². The highest BCUT2D eigenvalue weighted by atomic mass is 35.5. The Kier molecular flexibility index (Phi) is 1.75. The third-order valence-corrected chi connectivity index (χ3v) is 1.98. The first-order chi connectivity index (χ1) is 4.55. The van der Waals surface area contributed by atoms with Crippen LogP contribution in [0.5, 0.6) is 0 Å². The Labute approximate surface area is 68.0 Å². The van der Waals surface area contributed by atoms with E-state index in [0.717, 1.165) is 4.81 Å². The molecule has 2 amide bonds. The van der Waals surface area contributed by atoms with Gasteiger partial charge in [0.25, 0.3) is 11.8 Å². The van der Waals surface area contributed by atoms with E-state index in [1.807, 2.05) is 0 Å². The van der Waals surface area contributed by atoms with Crippen molar-refractivity contribution in [1.29, 1.82) is 0 Å². The zero-order valence-corrected chi connectivity index (χ0v) is 6.53. The fourth-order valence-corrected chi connectivity index (χ4v) is 0.990. The summed E-state index contributed by atoms with van der Waals surface area (Å²) in [5.41, 5.74) is 0. The molecule has 1 aliphatic rings. The molecular formula is C4H2BCl2NO2. The maximum Gasteiger partial charge on any atom is 0.261 e. The van der Waals surface area contributed by atoms with Crippen molar-refractivity contribution in [1.82, 2.24) is 4.81 Å². The molecule has 1 rings (SSSR count). The van der Waals surface area contributed by atoms with Crippen molar-refractivity contribution < 1.29 is 9.59 Å². The first-order valence-corrected chi connectivity index (χ1v) is 3.19. The fraction of sp³-hybridized carbons (Fsp3) is 0. The number of amides is 2. The highest BCUT2D eigenvalue weighted by molar-refractivity contribution is 6.61. The van der Waals surface area contributed by atoms with E-state index >= 15 is 0 Å². The molecule has 0 aliphatic carbocycles. The summed E-state index contributed by atoms with van der Waals surface area (Å²) in [5.74, 6) is -1.09.